The topological polar surface area (TPSA) is 12.0 Å². The first-order valence-corrected chi connectivity index (χ1v) is 6.94. The van der Waals surface area contributed by atoms with Crippen LogP contribution in [0.3, 0.4) is 0 Å². The Morgan fingerprint density at radius 2 is 2.12 bits per heavy atom. The molecular formula is C15H17NS. The van der Waals surface area contributed by atoms with E-state index in [1.165, 1.54) is 21.2 Å². The monoisotopic (exact) mass is 243 g/mol. The van der Waals surface area contributed by atoms with Crippen molar-refractivity contribution in [2.75, 3.05) is 13.1 Å². The highest BCUT2D eigenvalue weighted by atomic mass is 32.1. The first-order chi connectivity index (χ1) is 8.18. The highest BCUT2D eigenvalue weighted by Gasteiger charge is 2.27. The maximum atomic E-state index is 3.44. The summed E-state index contributed by atoms with van der Waals surface area (Å²) < 4.78 is 1.42. The van der Waals surface area contributed by atoms with Crippen LogP contribution in [0.15, 0.2) is 35.7 Å². The van der Waals surface area contributed by atoms with Crippen molar-refractivity contribution >= 4 is 27.0 Å². The fourth-order valence-electron chi connectivity index (χ4n) is 2.61. The Morgan fingerprint density at radius 1 is 1.24 bits per heavy atom. The highest BCUT2D eigenvalue weighted by molar-refractivity contribution is 7.17. The minimum atomic E-state index is 0.219. The molecule has 0 atom stereocenters. The summed E-state index contributed by atoms with van der Waals surface area (Å²) in [5.74, 6) is 0. The van der Waals surface area contributed by atoms with Crippen LogP contribution in [0.5, 0.6) is 0 Å². The molecule has 0 saturated heterocycles. The SMILES string of the molecule is CC1(C)CNCC=C1c1cccc2ccsc12. The van der Waals surface area contributed by atoms with Crippen molar-refractivity contribution in [3.63, 3.8) is 0 Å². The summed E-state index contributed by atoms with van der Waals surface area (Å²) in [4.78, 5) is 0. The van der Waals surface area contributed by atoms with Gasteiger partial charge in [-0.05, 0) is 28.0 Å². The van der Waals surface area contributed by atoms with Crippen molar-refractivity contribution in [3.05, 3.63) is 41.3 Å². The maximum Gasteiger partial charge on any atom is 0.0417 e. The van der Waals surface area contributed by atoms with Gasteiger partial charge in [0, 0.05) is 23.2 Å². The predicted molar refractivity (Wildman–Crippen MR) is 76.5 cm³/mol. The second kappa shape index (κ2) is 3.97. The van der Waals surface area contributed by atoms with Crippen molar-refractivity contribution in [2.45, 2.75) is 13.8 Å². The quantitative estimate of drug-likeness (QED) is 0.800. The zero-order valence-electron chi connectivity index (χ0n) is 10.3. The van der Waals surface area contributed by atoms with E-state index in [2.05, 4.69) is 54.9 Å². The molecule has 0 spiro atoms. The van der Waals surface area contributed by atoms with E-state index in [9.17, 15) is 0 Å². The Morgan fingerprint density at radius 3 is 2.94 bits per heavy atom. The van der Waals surface area contributed by atoms with Gasteiger partial charge < -0.3 is 5.32 Å². The molecule has 0 amide bonds. The van der Waals surface area contributed by atoms with Gasteiger partial charge in [-0.2, -0.15) is 0 Å². The van der Waals surface area contributed by atoms with Crippen molar-refractivity contribution in [1.29, 1.82) is 0 Å². The molecule has 0 aliphatic carbocycles. The van der Waals surface area contributed by atoms with E-state index in [0.29, 0.717) is 0 Å². The summed E-state index contributed by atoms with van der Waals surface area (Å²) in [6, 6.07) is 8.84. The summed E-state index contributed by atoms with van der Waals surface area (Å²) in [6.07, 6.45) is 2.35. The van der Waals surface area contributed by atoms with Crippen LogP contribution in [-0.2, 0) is 0 Å². The zero-order chi connectivity index (χ0) is 11.9. The van der Waals surface area contributed by atoms with Crippen LogP contribution in [0.25, 0.3) is 15.7 Å². The molecule has 1 nitrogen and oxygen atoms in total. The number of hydrogen-bond donors (Lipinski definition) is 1. The lowest BCUT2D eigenvalue weighted by atomic mass is 9.78. The van der Waals surface area contributed by atoms with Crippen molar-refractivity contribution < 1.29 is 0 Å². The van der Waals surface area contributed by atoms with E-state index in [1.54, 1.807) is 0 Å². The lowest BCUT2D eigenvalue weighted by Crippen LogP contribution is -2.35. The standard InChI is InChI=1S/C15H17NS/c1-15(2)10-16-8-6-13(15)12-5-3-4-11-7-9-17-14(11)12/h3-7,9,16H,8,10H2,1-2H3. The third-order valence-electron chi connectivity index (χ3n) is 3.52. The Hall–Kier alpha value is -1.12. The summed E-state index contributed by atoms with van der Waals surface area (Å²) in [7, 11) is 0. The minimum absolute atomic E-state index is 0.219. The molecule has 1 N–H and O–H groups in total. The van der Waals surface area contributed by atoms with Crippen LogP contribution in [-0.4, -0.2) is 13.1 Å². The molecule has 0 bridgehead atoms. The number of rotatable bonds is 1. The van der Waals surface area contributed by atoms with Crippen LogP contribution in [0.4, 0.5) is 0 Å². The molecule has 1 aromatic heterocycles. The fourth-order valence-corrected chi connectivity index (χ4v) is 3.54. The number of nitrogens with one attached hydrogen (secondary N) is 1. The van der Waals surface area contributed by atoms with Gasteiger partial charge in [0.1, 0.15) is 0 Å². The van der Waals surface area contributed by atoms with Crippen LogP contribution in [0.1, 0.15) is 19.4 Å². The molecule has 1 aliphatic rings. The zero-order valence-corrected chi connectivity index (χ0v) is 11.1. The number of hydrogen-bond acceptors (Lipinski definition) is 2. The fraction of sp³-hybridized carbons (Fsp3) is 0.333. The van der Waals surface area contributed by atoms with Crippen molar-refractivity contribution in [3.8, 4) is 0 Å². The summed E-state index contributed by atoms with van der Waals surface area (Å²) in [5.41, 5.74) is 3.13. The summed E-state index contributed by atoms with van der Waals surface area (Å²) in [5, 5.41) is 6.99. The normalized spacial score (nSPS) is 19.3. The van der Waals surface area contributed by atoms with E-state index in [1.807, 2.05) is 11.3 Å². The lowest BCUT2D eigenvalue weighted by Gasteiger charge is -2.32. The predicted octanol–water partition coefficient (Wildman–Crippen LogP) is 3.91. The minimum Gasteiger partial charge on any atom is -0.312 e. The van der Waals surface area contributed by atoms with Crippen molar-refractivity contribution in [2.24, 2.45) is 5.41 Å². The van der Waals surface area contributed by atoms with Gasteiger partial charge in [-0.3, -0.25) is 0 Å². The van der Waals surface area contributed by atoms with Gasteiger partial charge in [-0.25, -0.2) is 0 Å². The average molecular weight is 243 g/mol. The van der Waals surface area contributed by atoms with Crippen LogP contribution in [0, 0.1) is 5.41 Å². The third-order valence-corrected chi connectivity index (χ3v) is 4.48. The lowest BCUT2D eigenvalue weighted by molar-refractivity contribution is 0.446. The van der Waals surface area contributed by atoms with Gasteiger partial charge in [0.2, 0.25) is 0 Å². The number of benzene rings is 1. The first kappa shape index (κ1) is 11.0. The van der Waals surface area contributed by atoms with Gasteiger partial charge in [-0.1, -0.05) is 38.1 Å². The largest absolute Gasteiger partial charge is 0.312 e. The third kappa shape index (κ3) is 1.81. The molecule has 3 rings (SSSR count). The molecule has 2 heterocycles. The van der Waals surface area contributed by atoms with Gasteiger partial charge >= 0.3 is 0 Å². The van der Waals surface area contributed by atoms with Crippen LogP contribution in [0.2, 0.25) is 0 Å². The van der Waals surface area contributed by atoms with Gasteiger partial charge in [0.15, 0.2) is 0 Å². The Kier molecular flexibility index (Phi) is 2.57. The number of thiophene rings is 1. The van der Waals surface area contributed by atoms with Gasteiger partial charge in [0.25, 0.3) is 0 Å². The van der Waals surface area contributed by atoms with E-state index >= 15 is 0 Å². The Labute approximate surface area is 106 Å². The highest BCUT2D eigenvalue weighted by Crippen LogP contribution is 2.40. The molecule has 0 unspecified atom stereocenters. The van der Waals surface area contributed by atoms with Crippen molar-refractivity contribution in [1.82, 2.24) is 5.32 Å². The smallest absolute Gasteiger partial charge is 0.0417 e. The summed E-state index contributed by atoms with van der Waals surface area (Å²) in [6.45, 7) is 6.68. The molecule has 2 heteroatoms. The van der Waals surface area contributed by atoms with Gasteiger partial charge in [-0.15, -0.1) is 11.3 Å². The molecule has 0 radical (unpaired) electrons. The number of fused-ring (bicyclic) bond motifs is 1. The second-order valence-electron chi connectivity index (χ2n) is 5.28. The Bertz CT molecular complexity index is 577. The molecule has 0 saturated carbocycles. The van der Waals surface area contributed by atoms with E-state index in [-0.39, 0.29) is 5.41 Å². The molecule has 88 valence electrons. The molecule has 17 heavy (non-hydrogen) atoms. The molecule has 2 aromatic rings. The second-order valence-corrected chi connectivity index (χ2v) is 6.19. The Balaban J connectivity index is 2.21. The maximum absolute atomic E-state index is 3.44. The average Bonchev–Trinajstić information content (AvgIpc) is 2.76. The van der Waals surface area contributed by atoms with E-state index < -0.39 is 0 Å². The summed E-state index contributed by atoms with van der Waals surface area (Å²) >= 11 is 1.85. The van der Waals surface area contributed by atoms with E-state index in [4.69, 9.17) is 0 Å². The van der Waals surface area contributed by atoms with Crippen LogP contribution < -0.4 is 5.32 Å². The van der Waals surface area contributed by atoms with Gasteiger partial charge in [0.05, 0.1) is 0 Å². The molecule has 1 aliphatic heterocycles. The van der Waals surface area contributed by atoms with Crippen LogP contribution >= 0.6 is 11.3 Å². The first-order valence-electron chi connectivity index (χ1n) is 6.06. The molecule has 1 aromatic carbocycles. The molecular weight excluding hydrogens is 226 g/mol. The molecule has 0 fully saturated rings. The van der Waals surface area contributed by atoms with E-state index in [0.717, 1.165) is 13.1 Å².